The van der Waals surface area contributed by atoms with Gasteiger partial charge in [0.1, 0.15) is 0 Å². The number of hydrogen-bond acceptors (Lipinski definition) is 1. The van der Waals surface area contributed by atoms with Crippen LogP contribution in [0.15, 0.2) is 0 Å². The minimum Gasteiger partial charge on any atom is -0.303 e. The molecule has 1 nitrogen and oxygen atoms in total. The van der Waals surface area contributed by atoms with E-state index in [9.17, 15) is 0 Å². The van der Waals surface area contributed by atoms with Gasteiger partial charge >= 0.3 is 0 Å². The molecule has 0 aromatic rings. The van der Waals surface area contributed by atoms with Crippen LogP contribution in [0.5, 0.6) is 0 Å². The monoisotopic (exact) mass is 237 g/mol. The highest BCUT2D eigenvalue weighted by molar-refractivity contribution is 4.82. The number of hydrogen-bond donors (Lipinski definition) is 0. The van der Waals surface area contributed by atoms with Crippen LogP contribution in [0.2, 0.25) is 0 Å². The third kappa shape index (κ3) is 3.47. The van der Waals surface area contributed by atoms with Gasteiger partial charge in [-0.2, -0.15) is 0 Å². The van der Waals surface area contributed by atoms with Gasteiger partial charge in [0.15, 0.2) is 0 Å². The van der Waals surface area contributed by atoms with Crippen molar-refractivity contribution in [3.63, 3.8) is 0 Å². The Morgan fingerprint density at radius 2 is 1.41 bits per heavy atom. The maximum atomic E-state index is 2.74. The van der Waals surface area contributed by atoms with Crippen molar-refractivity contribution in [3.8, 4) is 0 Å². The van der Waals surface area contributed by atoms with Crippen LogP contribution in [0, 0.1) is 23.7 Å². The van der Waals surface area contributed by atoms with Gasteiger partial charge in [-0.15, -0.1) is 0 Å². The molecule has 0 aliphatic heterocycles. The van der Waals surface area contributed by atoms with Gasteiger partial charge in [-0.1, -0.05) is 46.5 Å². The second-order valence-corrected chi connectivity index (χ2v) is 6.69. The van der Waals surface area contributed by atoms with Crippen molar-refractivity contribution in [3.05, 3.63) is 0 Å². The first-order chi connectivity index (χ1) is 8.20. The largest absolute Gasteiger partial charge is 0.303 e. The smallest absolute Gasteiger partial charge is 0.00122 e. The van der Waals surface area contributed by atoms with E-state index in [2.05, 4.69) is 25.7 Å². The van der Waals surface area contributed by atoms with Crippen molar-refractivity contribution in [2.24, 2.45) is 23.7 Å². The SMILES string of the molecule is CCN(CC1CCCCC1C)CC1CCC1C. The second kappa shape index (κ2) is 6.22. The lowest BCUT2D eigenvalue weighted by atomic mass is 9.74. The zero-order valence-corrected chi connectivity index (χ0v) is 12.1. The first kappa shape index (κ1) is 13.4. The van der Waals surface area contributed by atoms with E-state index in [0.717, 1.165) is 23.7 Å². The summed E-state index contributed by atoms with van der Waals surface area (Å²) in [6.07, 6.45) is 8.87. The summed E-state index contributed by atoms with van der Waals surface area (Å²) in [6, 6.07) is 0. The molecule has 0 heterocycles. The van der Waals surface area contributed by atoms with Gasteiger partial charge in [0.25, 0.3) is 0 Å². The minimum atomic E-state index is 0.969. The average Bonchev–Trinajstić information content (AvgIpc) is 2.34. The van der Waals surface area contributed by atoms with E-state index in [0.29, 0.717) is 0 Å². The number of nitrogens with zero attached hydrogens (tertiary/aromatic N) is 1. The highest BCUT2D eigenvalue weighted by atomic mass is 15.1. The van der Waals surface area contributed by atoms with Gasteiger partial charge < -0.3 is 4.90 Å². The van der Waals surface area contributed by atoms with Crippen molar-refractivity contribution in [2.45, 2.75) is 59.3 Å². The summed E-state index contributed by atoms with van der Waals surface area (Å²) in [5.74, 6) is 3.96. The summed E-state index contributed by atoms with van der Waals surface area (Å²) in [7, 11) is 0. The van der Waals surface area contributed by atoms with E-state index in [4.69, 9.17) is 0 Å². The fraction of sp³-hybridized carbons (Fsp3) is 1.00. The Morgan fingerprint density at radius 1 is 0.824 bits per heavy atom. The van der Waals surface area contributed by atoms with Gasteiger partial charge in [-0.3, -0.25) is 0 Å². The Bertz CT molecular complexity index is 226. The lowest BCUT2D eigenvalue weighted by Gasteiger charge is -2.40. The van der Waals surface area contributed by atoms with Crippen LogP contribution in [0.3, 0.4) is 0 Å². The Hall–Kier alpha value is -0.0400. The third-order valence-corrected chi connectivity index (χ3v) is 5.52. The molecule has 1 heteroatoms. The molecule has 2 aliphatic carbocycles. The number of rotatable bonds is 5. The van der Waals surface area contributed by atoms with E-state index >= 15 is 0 Å². The van der Waals surface area contributed by atoms with Crippen LogP contribution in [-0.2, 0) is 0 Å². The molecule has 2 aliphatic rings. The Balaban J connectivity index is 1.77. The van der Waals surface area contributed by atoms with E-state index in [-0.39, 0.29) is 0 Å². The first-order valence-electron chi connectivity index (χ1n) is 7.93. The molecule has 0 N–H and O–H groups in total. The normalized spacial score (nSPS) is 38.1. The molecule has 2 saturated carbocycles. The molecule has 4 unspecified atom stereocenters. The topological polar surface area (TPSA) is 3.24 Å². The van der Waals surface area contributed by atoms with Gasteiger partial charge in [-0.25, -0.2) is 0 Å². The maximum absolute atomic E-state index is 2.74. The molecule has 0 spiro atoms. The molecular weight excluding hydrogens is 206 g/mol. The Labute approximate surface area is 108 Å². The molecule has 2 fully saturated rings. The molecule has 17 heavy (non-hydrogen) atoms. The van der Waals surface area contributed by atoms with Crippen LogP contribution in [-0.4, -0.2) is 24.5 Å². The summed E-state index contributed by atoms with van der Waals surface area (Å²) < 4.78 is 0. The second-order valence-electron chi connectivity index (χ2n) is 6.69. The highest BCUT2D eigenvalue weighted by Gasteiger charge is 2.29. The Morgan fingerprint density at radius 3 is 1.88 bits per heavy atom. The maximum Gasteiger partial charge on any atom is 0.00122 e. The minimum absolute atomic E-state index is 0.969. The molecule has 2 rings (SSSR count). The molecule has 0 amide bonds. The Kier molecular flexibility index (Phi) is 4.90. The van der Waals surface area contributed by atoms with Crippen molar-refractivity contribution >= 4 is 0 Å². The quantitative estimate of drug-likeness (QED) is 0.693. The molecule has 0 saturated heterocycles. The zero-order chi connectivity index (χ0) is 12.3. The zero-order valence-electron chi connectivity index (χ0n) is 12.1. The van der Waals surface area contributed by atoms with Crippen LogP contribution < -0.4 is 0 Å². The van der Waals surface area contributed by atoms with Gasteiger partial charge in [-0.05, 0) is 43.1 Å². The highest BCUT2D eigenvalue weighted by Crippen LogP contribution is 2.35. The fourth-order valence-corrected chi connectivity index (χ4v) is 3.67. The van der Waals surface area contributed by atoms with Crippen molar-refractivity contribution in [1.82, 2.24) is 4.90 Å². The first-order valence-corrected chi connectivity index (χ1v) is 7.93. The predicted molar refractivity (Wildman–Crippen MR) is 75.1 cm³/mol. The van der Waals surface area contributed by atoms with E-state index in [1.54, 1.807) is 0 Å². The molecular formula is C16H31N. The summed E-state index contributed by atoms with van der Waals surface area (Å²) >= 11 is 0. The van der Waals surface area contributed by atoms with Gasteiger partial charge in [0.2, 0.25) is 0 Å². The van der Waals surface area contributed by atoms with E-state index < -0.39 is 0 Å². The molecule has 0 bridgehead atoms. The molecule has 100 valence electrons. The van der Waals surface area contributed by atoms with Crippen molar-refractivity contribution in [2.75, 3.05) is 19.6 Å². The molecule has 0 aromatic heterocycles. The summed E-state index contributed by atoms with van der Waals surface area (Å²) in [6.45, 7) is 11.3. The lowest BCUT2D eigenvalue weighted by molar-refractivity contribution is 0.0948. The van der Waals surface area contributed by atoms with Gasteiger partial charge in [0, 0.05) is 13.1 Å². The van der Waals surface area contributed by atoms with Crippen LogP contribution in [0.4, 0.5) is 0 Å². The van der Waals surface area contributed by atoms with Crippen LogP contribution in [0.1, 0.15) is 59.3 Å². The van der Waals surface area contributed by atoms with Crippen molar-refractivity contribution in [1.29, 1.82) is 0 Å². The molecule has 4 atom stereocenters. The average molecular weight is 237 g/mol. The third-order valence-electron chi connectivity index (χ3n) is 5.52. The van der Waals surface area contributed by atoms with Crippen LogP contribution >= 0.6 is 0 Å². The standard InChI is InChI=1S/C16H31N/c1-4-17(12-16-10-9-14(16)3)11-15-8-6-5-7-13(15)2/h13-16H,4-12H2,1-3H3. The van der Waals surface area contributed by atoms with E-state index in [1.807, 2.05) is 0 Å². The summed E-state index contributed by atoms with van der Waals surface area (Å²) in [5.41, 5.74) is 0. The summed E-state index contributed by atoms with van der Waals surface area (Å²) in [4.78, 5) is 2.74. The molecule has 0 aromatic carbocycles. The van der Waals surface area contributed by atoms with E-state index in [1.165, 1.54) is 58.2 Å². The fourth-order valence-electron chi connectivity index (χ4n) is 3.67. The summed E-state index contributed by atoms with van der Waals surface area (Å²) in [5, 5.41) is 0. The van der Waals surface area contributed by atoms with Gasteiger partial charge in [0.05, 0.1) is 0 Å². The predicted octanol–water partition coefficient (Wildman–Crippen LogP) is 4.18. The van der Waals surface area contributed by atoms with Crippen LogP contribution in [0.25, 0.3) is 0 Å². The molecule has 0 radical (unpaired) electrons. The van der Waals surface area contributed by atoms with Crippen molar-refractivity contribution < 1.29 is 0 Å². The lowest BCUT2D eigenvalue weighted by Crippen LogP contribution is -2.40.